The topological polar surface area (TPSA) is 28.7 Å². The molecule has 12 heavy (non-hydrogen) atoms. The lowest BCUT2D eigenvalue weighted by Crippen LogP contribution is -1.86. The van der Waals surface area contributed by atoms with Gasteiger partial charge in [-0.2, -0.15) is 5.10 Å². The second-order valence-electron chi connectivity index (χ2n) is 2.96. The Bertz CT molecular complexity index is 431. The fourth-order valence-corrected chi connectivity index (χ4v) is 2.14. The quantitative estimate of drug-likeness (QED) is 0.734. The highest BCUT2D eigenvalue weighted by atomic mass is 127. The van der Waals surface area contributed by atoms with Crippen LogP contribution in [0.5, 0.6) is 0 Å². The van der Waals surface area contributed by atoms with Crippen molar-refractivity contribution in [3.05, 3.63) is 27.0 Å². The van der Waals surface area contributed by atoms with Gasteiger partial charge in [0.1, 0.15) is 0 Å². The highest BCUT2D eigenvalue weighted by Crippen LogP contribution is 2.24. The minimum Gasteiger partial charge on any atom is -0.278 e. The van der Waals surface area contributed by atoms with Gasteiger partial charge in [0.15, 0.2) is 0 Å². The molecule has 0 saturated carbocycles. The molecule has 1 aromatic carbocycles. The van der Waals surface area contributed by atoms with Gasteiger partial charge in [0.05, 0.1) is 11.7 Å². The van der Waals surface area contributed by atoms with E-state index in [1.165, 1.54) is 20.1 Å². The van der Waals surface area contributed by atoms with Gasteiger partial charge in [-0.1, -0.05) is 0 Å². The minimum absolute atomic E-state index is 1.13. The molecule has 1 aromatic heterocycles. The Kier molecular flexibility index (Phi) is 1.83. The summed E-state index contributed by atoms with van der Waals surface area (Å²) in [7, 11) is 0. The Morgan fingerprint density at radius 1 is 1.42 bits per heavy atom. The second kappa shape index (κ2) is 2.73. The zero-order valence-corrected chi connectivity index (χ0v) is 9.14. The van der Waals surface area contributed by atoms with E-state index in [4.69, 9.17) is 0 Å². The first-order chi connectivity index (χ1) is 5.70. The zero-order valence-electron chi connectivity index (χ0n) is 6.98. The maximum absolute atomic E-state index is 4.01. The van der Waals surface area contributed by atoms with Crippen molar-refractivity contribution < 1.29 is 0 Å². The van der Waals surface area contributed by atoms with Crippen LogP contribution < -0.4 is 0 Å². The van der Waals surface area contributed by atoms with Crippen LogP contribution in [-0.2, 0) is 0 Å². The summed E-state index contributed by atoms with van der Waals surface area (Å²) < 4.78 is 1.30. The molecule has 0 bridgehead atoms. The molecule has 1 heterocycles. The summed E-state index contributed by atoms with van der Waals surface area (Å²) in [6.45, 7) is 4.27. The molecule has 0 aliphatic carbocycles. The van der Waals surface area contributed by atoms with Crippen LogP contribution in [0.15, 0.2) is 12.3 Å². The summed E-state index contributed by atoms with van der Waals surface area (Å²) in [6, 6.07) is 2.14. The van der Waals surface area contributed by atoms with Gasteiger partial charge in [0.2, 0.25) is 0 Å². The Morgan fingerprint density at radius 3 is 2.92 bits per heavy atom. The molecule has 2 rings (SSSR count). The summed E-state index contributed by atoms with van der Waals surface area (Å²) in [5.41, 5.74) is 3.79. The van der Waals surface area contributed by atoms with Gasteiger partial charge < -0.3 is 0 Å². The van der Waals surface area contributed by atoms with Gasteiger partial charge in [0.25, 0.3) is 0 Å². The number of aryl methyl sites for hydroxylation is 1. The van der Waals surface area contributed by atoms with Crippen molar-refractivity contribution in [2.75, 3.05) is 0 Å². The lowest BCUT2D eigenvalue weighted by molar-refractivity contribution is 1.12. The monoisotopic (exact) mass is 272 g/mol. The number of aromatic nitrogens is 2. The molecular weight excluding hydrogens is 263 g/mol. The van der Waals surface area contributed by atoms with Crippen molar-refractivity contribution in [2.24, 2.45) is 0 Å². The van der Waals surface area contributed by atoms with Crippen LogP contribution in [0.3, 0.4) is 0 Å². The number of aromatic amines is 1. The van der Waals surface area contributed by atoms with Crippen LogP contribution in [0.2, 0.25) is 0 Å². The van der Waals surface area contributed by atoms with E-state index in [0.717, 1.165) is 5.52 Å². The number of hydrogen-bond acceptors (Lipinski definition) is 1. The molecule has 0 amide bonds. The van der Waals surface area contributed by atoms with Crippen molar-refractivity contribution in [2.45, 2.75) is 13.8 Å². The average molecular weight is 272 g/mol. The van der Waals surface area contributed by atoms with Gasteiger partial charge in [-0.3, -0.25) is 5.10 Å². The van der Waals surface area contributed by atoms with Crippen LogP contribution >= 0.6 is 22.6 Å². The minimum atomic E-state index is 1.13. The van der Waals surface area contributed by atoms with E-state index < -0.39 is 0 Å². The van der Waals surface area contributed by atoms with Gasteiger partial charge in [-0.25, -0.2) is 0 Å². The number of rotatable bonds is 0. The van der Waals surface area contributed by atoms with Crippen LogP contribution in [0.1, 0.15) is 11.1 Å². The molecule has 0 aliphatic rings. The molecule has 3 heteroatoms. The van der Waals surface area contributed by atoms with Gasteiger partial charge >= 0.3 is 0 Å². The predicted molar refractivity (Wildman–Crippen MR) is 58.3 cm³/mol. The third kappa shape index (κ3) is 1.03. The number of nitrogens with zero attached hydrogens (tertiary/aromatic N) is 1. The van der Waals surface area contributed by atoms with E-state index in [1.807, 2.05) is 6.20 Å². The van der Waals surface area contributed by atoms with E-state index in [-0.39, 0.29) is 0 Å². The van der Waals surface area contributed by atoms with Crippen LogP contribution in [0.4, 0.5) is 0 Å². The van der Waals surface area contributed by atoms with E-state index in [2.05, 4.69) is 52.7 Å². The first-order valence-corrected chi connectivity index (χ1v) is 4.87. The lowest BCUT2D eigenvalue weighted by atomic mass is 10.1. The number of nitrogens with one attached hydrogen (secondary N) is 1. The molecule has 2 nitrogen and oxygen atoms in total. The average Bonchev–Trinajstić information content (AvgIpc) is 2.48. The van der Waals surface area contributed by atoms with Crippen molar-refractivity contribution in [3.63, 3.8) is 0 Å². The number of H-pyrrole nitrogens is 1. The zero-order chi connectivity index (χ0) is 8.72. The molecule has 0 atom stereocenters. The summed E-state index contributed by atoms with van der Waals surface area (Å²) in [6.07, 6.45) is 1.88. The molecule has 0 fully saturated rings. The van der Waals surface area contributed by atoms with Gasteiger partial charge in [0, 0.05) is 8.96 Å². The Labute approximate surface area is 84.5 Å². The van der Waals surface area contributed by atoms with Crippen LogP contribution in [0.25, 0.3) is 10.9 Å². The summed E-state index contributed by atoms with van der Waals surface area (Å²) >= 11 is 2.36. The predicted octanol–water partition coefficient (Wildman–Crippen LogP) is 2.78. The third-order valence-corrected chi connectivity index (χ3v) is 3.58. The smallest absolute Gasteiger partial charge is 0.0663 e. The Hall–Kier alpha value is -0.580. The normalized spacial score (nSPS) is 10.9. The second-order valence-corrected chi connectivity index (χ2v) is 4.04. The van der Waals surface area contributed by atoms with E-state index in [0.29, 0.717) is 0 Å². The molecule has 0 unspecified atom stereocenters. The van der Waals surface area contributed by atoms with Crippen LogP contribution in [-0.4, -0.2) is 10.2 Å². The Balaban J connectivity index is 2.94. The molecule has 62 valence electrons. The van der Waals surface area contributed by atoms with Crippen molar-refractivity contribution in [3.8, 4) is 0 Å². The highest BCUT2D eigenvalue weighted by Gasteiger charge is 2.05. The lowest BCUT2D eigenvalue weighted by Gasteiger charge is -2.02. The molecular formula is C9H9IN2. The standard InChI is InChI=1S/C9H9IN2/c1-5-3-8-7(4-11-12-8)9(10)6(5)2/h3-4H,1-2H3,(H,11,12). The number of halogens is 1. The van der Waals surface area contributed by atoms with Crippen molar-refractivity contribution >= 4 is 33.5 Å². The van der Waals surface area contributed by atoms with E-state index >= 15 is 0 Å². The van der Waals surface area contributed by atoms with Crippen molar-refractivity contribution in [1.82, 2.24) is 10.2 Å². The fraction of sp³-hybridized carbons (Fsp3) is 0.222. The maximum atomic E-state index is 4.01. The summed E-state index contributed by atoms with van der Waals surface area (Å²) in [5.74, 6) is 0. The first-order valence-electron chi connectivity index (χ1n) is 3.79. The molecule has 2 aromatic rings. The van der Waals surface area contributed by atoms with Gasteiger partial charge in [-0.15, -0.1) is 0 Å². The number of hydrogen-bond donors (Lipinski definition) is 1. The first kappa shape index (κ1) is 8.04. The largest absolute Gasteiger partial charge is 0.278 e. The third-order valence-electron chi connectivity index (χ3n) is 2.19. The number of fused-ring (bicyclic) bond motifs is 1. The summed E-state index contributed by atoms with van der Waals surface area (Å²) in [5, 5.41) is 8.21. The summed E-state index contributed by atoms with van der Waals surface area (Å²) in [4.78, 5) is 0. The van der Waals surface area contributed by atoms with Crippen molar-refractivity contribution in [1.29, 1.82) is 0 Å². The number of benzene rings is 1. The molecule has 0 saturated heterocycles. The molecule has 0 radical (unpaired) electrons. The highest BCUT2D eigenvalue weighted by molar-refractivity contribution is 14.1. The van der Waals surface area contributed by atoms with E-state index in [1.54, 1.807) is 0 Å². The van der Waals surface area contributed by atoms with Crippen LogP contribution in [0, 0.1) is 17.4 Å². The Morgan fingerprint density at radius 2 is 2.17 bits per heavy atom. The fourth-order valence-electron chi connectivity index (χ4n) is 1.28. The SMILES string of the molecule is Cc1cc2[nH]ncc2c(I)c1C. The maximum Gasteiger partial charge on any atom is 0.0663 e. The molecule has 0 spiro atoms. The van der Waals surface area contributed by atoms with E-state index in [9.17, 15) is 0 Å². The van der Waals surface area contributed by atoms with Gasteiger partial charge in [-0.05, 0) is 53.6 Å². The molecule has 1 N–H and O–H groups in total. The molecule has 0 aliphatic heterocycles.